The van der Waals surface area contributed by atoms with E-state index < -0.39 is 0 Å². The Bertz CT molecular complexity index is 976. The number of nitrogens with zero attached hydrogens (tertiary/aromatic N) is 3. The molecule has 0 bridgehead atoms. The second-order valence-corrected chi connectivity index (χ2v) is 8.06. The molecule has 1 aliphatic rings. The lowest BCUT2D eigenvalue weighted by molar-refractivity contribution is -0.119. The topological polar surface area (TPSA) is 97.0 Å². The molecule has 4 rings (SSSR count). The number of aryl methyl sites for hydroxylation is 1. The van der Waals surface area contributed by atoms with Crippen LogP contribution in [0.5, 0.6) is 0 Å². The number of para-hydroxylation sites is 1. The van der Waals surface area contributed by atoms with E-state index in [1.165, 1.54) is 11.8 Å². The molecule has 29 heavy (non-hydrogen) atoms. The predicted molar refractivity (Wildman–Crippen MR) is 112 cm³/mol. The number of amides is 1. The third-order valence-electron chi connectivity index (χ3n) is 5.02. The number of rotatable bonds is 6. The van der Waals surface area contributed by atoms with Gasteiger partial charge in [-0.05, 0) is 39.0 Å². The predicted octanol–water partition coefficient (Wildman–Crippen LogP) is 2.30. The zero-order valence-electron chi connectivity index (χ0n) is 16.5. The Morgan fingerprint density at radius 2 is 1.90 bits per heavy atom. The Hall–Kier alpha value is -2.62. The third-order valence-corrected chi connectivity index (χ3v) is 5.95. The summed E-state index contributed by atoms with van der Waals surface area (Å²) in [4.78, 5) is 12.5. The normalized spacial score (nSPS) is 21.4. The van der Waals surface area contributed by atoms with E-state index in [4.69, 9.17) is 4.42 Å². The molecule has 3 aromatic rings. The molecular formula is C20H24N6O2S. The lowest BCUT2D eigenvalue weighted by Gasteiger charge is -2.19. The first-order valence-corrected chi connectivity index (χ1v) is 10.5. The van der Waals surface area contributed by atoms with Gasteiger partial charge in [-0.2, -0.15) is 0 Å². The number of thioether (sulfide) groups is 1. The lowest BCUT2D eigenvalue weighted by atomic mass is 10.1. The van der Waals surface area contributed by atoms with E-state index >= 15 is 0 Å². The molecule has 1 amide bonds. The van der Waals surface area contributed by atoms with Crippen molar-refractivity contribution in [3.63, 3.8) is 0 Å². The Labute approximate surface area is 173 Å². The highest BCUT2D eigenvalue weighted by Crippen LogP contribution is 2.30. The van der Waals surface area contributed by atoms with Gasteiger partial charge in [0, 0.05) is 17.8 Å². The van der Waals surface area contributed by atoms with Crippen LogP contribution in [0.2, 0.25) is 0 Å². The number of hydrogen-bond acceptors (Lipinski definition) is 7. The second-order valence-electron chi connectivity index (χ2n) is 7.12. The van der Waals surface area contributed by atoms with Crippen LogP contribution in [0, 0.1) is 6.92 Å². The molecule has 2 atom stereocenters. The summed E-state index contributed by atoms with van der Waals surface area (Å²) in [6, 6.07) is 12.1. The zero-order valence-corrected chi connectivity index (χ0v) is 17.4. The van der Waals surface area contributed by atoms with Crippen molar-refractivity contribution < 1.29 is 9.21 Å². The van der Waals surface area contributed by atoms with E-state index in [2.05, 4.69) is 26.4 Å². The van der Waals surface area contributed by atoms with Crippen molar-refractivity contribution in [2.75, 3.05) is 5.75 Å². The van der Waals surface area contributed by atoms with Crippen molar-refractivity contribution in [3.8, 4) is 17.1 Å². The van der Waals surface area contributed by atoms with Crippen LogP contribution in [0.25, 0.3) is 17.1 Å². The van der Waals surface area contributed by atoms with E-state index in [1.54, 1.807) is 6.26 Å². The van der Waals surface area contributed by atoms with Crippen molar-refractivity contribution in [3.05, 3.63) is 48.4 Å². The van der Waals surface area contributed by atoms with Crippen LogP contribution in [-0.4, -0.2) is 44.6 Å². The minimum Gasteiger partial charge on any atom is -0.469 e. The molecule has 9 heteroatoms. The number of furan rings is 1. The lowest BCUT2D eigenvalue weighted by Crippen LogP contribution is -2.47. The highest BCUT2D eigenvalue weighted by molar-refractivity contribution is 7.99. The highest BCUT2D eigenvalue weighted by Gasteiger charge is 2.31. The van der Waals surface area contributed by atoms with Crippen molar-refractivity contribution in [1.29, 1.82) is 0 Å². The smallest absolute Gasteiger partial charge is 0.230 e. The first kappa shape index (κ1) is 19.7. The van der Waals surface area contributed by atoms with Crippen molar-refractivity contribution in [2.24, 2.45) is 0 Å². The highest BCUT2D eigenvalue weighted by atomic mass is 32.2. The van der Waals surface area contributed by atoms with Gasteiger partial charge in [0.1, 0.15) is 5.76 Å². The van der Waals surface area contributed by atoms with Gasteiger partial charge >= 0.3 is 0 Å². The standard InChI is InChI=1S/C20H24N6O2S/c1-12-18(13(2)23-22-12)21-17(27)11-29-20-25-24-19(16-9-10-28-14(16)3)26(20)15-7-5-4-6-8-15/h4-10,12-13,18,22-23H,11H2,1-3H3,(H,21,27). The van der Waals surface area contributed by atoms with Crippen LogP contribution < -0.4 is 16.2 Å². The number of carbonyl (C=O) groups excluding carboxylic acids is 1. The molecule has 0 saturated carbocycles. The van der Waals surface area contributed by atoms with Gasteiger partial charge in [0.25, 0.3) is 0 Å². The average molecular weight is 413 g/mol. The molecule has 1 fully saturated rings. The number of carbonyl (C=O) groups is 1. The maximum atomic E-state index is 12.5. The molecule has 1 saturated heterocycles. The van der Waals surface area contributed by atoms with E-state index in [0.29, 0.717) is 11.0 Å². The van der Waals surface area contributed by atoms with E-state index in [0.717, 1.165) is 17.0 Å². The first-order chi connectivity index (χ1) is 14.0. The van der Waals surface area contributed by atoms with Gasteiger partial charge < -0.3 is 9.73 Å². The molecule has 1 aliphatic heterocycles. The molecule has 0 aliphatic carbocycles. The summed E-state index contributed by atoms with van der Waals surface area (Å²) < 4.78 is 7.41. The largest absolute Gasteiger partial charge is 0.469 e. The van der Waals surface area contributed by atoms with Gasteiger partial charge in [-0.3, -0.25) is 20.2 Å². The number of aromatic nitrogens is 3. The fourth-order valence-electron chi connectivity index (χ4n) is 3.45. The second kappa shape index (κ2) is 8.40. The van der Waals surface area contributed by atoms with Crippen LogP contribution >= 0.6 is 11.8 Å². The minimum atomic E-state index is -0.0344. The molecule has 8 nitrogen and oxygen atoms in total. The summed E-state index contributed by atoms with van der Waals surface area (Å²) in [5.74, 6) is 1.68. The van der Waals surface area contributed by atoms with Crippen molar-refractivity contribution in [2.45, 2.75) is 44.1 Å². The molecule has 0 radical (unpaired) electrons. The Morgan fingerprint density at radius 1 is 1.17 bits per heavy atom. The molecule has 2 aromatic heterocycles. The van der Waals surface area contributed by atoms with Crippen LogP contribution in [0.15, 0.2) is 52.2 Å². The molecular weight excluding hydrogens is 388 g/mol. The number of benzene rings is 1. The zero-order chi connectivity index (χ0) is 20.4. The van der Waals surface area contributed by atoms with Gasteiger partial charge in [0.05, 0.1) is 23.6 Å². The van der Waals surface area contributed by atoms with Crippen LogP contribution in [0.3, 0.4) is 0 Å². The van der Waals surface area contributed by atoms with Crippen molar-refractivity contribution in [1.82, 2.24) is 30.9 Å². The number of hydrogen-bond donors (Lipinski definition) is 3. The van der Waals surface area contributed by atoms with Crippen LogP contribution in [0.1, 0.15) is 19.6 Å². The minimum absolute atomic E-state index is 0.0344. The average Bonchev–Trinajstić information content (AvgIpc) is 3.41. The maximum Gasteiger partial charge on any atom is 0.230 e. The SMILES string of the molecule is Cc1occc1-c1nnc(SCC(=O)NC2C(C)NNC2C)n1-c1ccccc1. The fourth-order valence-corrected chi connectivity index (χ4v) is 4.21. The number of hydrazine groups is 1. The molecule has 152 valence electrons. The van der Waals surface area contributed by atoms with Crippen LogP contribution in [-0.2, 0) is 4.79 Å². The monoisotopic (exact) mass is 412 g/mol. The van der Waals surface area contributed by atoms with Gasteiger partial charge in [0.15, 0.2) is 11.0 Å². The third kappa shape index (κ3) is 4.07. The van der Waals surface area contributed by atoms with E-state index in [1.807, 2.05) is 61.7 Å². The maximum absolute atomic E-state index is 12.5. The molecule has 0 spiro atoms. The Balaban J connectivity index is 1.55. The summed E-state index contributed by atoms with van der Waals surface area (Å²) in [7, 11) is 0. The first-order valence-electron chi connectivity index (χ1n) is 9.53. The fraction of sp³-hybridized carbons (Fsp3) is 0.350. The summed E-state index contributed by atoms with van der Waals surface area (Å²) in [5, 5.41) is 12.5. The summed E-state index contributed by atoms with van der Waals surface area (Å²) in [6.45, 7) is 5.98. The number of nitrogens with one attached hydrogen (secondary N) is 3. The summed E-state index contributed by atoms with van der Waals surface area (Å²) >= 11 is 1.37. The van der Waals surface area contributed by atoms with E-state index in [9.17, 15) is 4.79 Å². The summed E-state index contributed by atoms with van der Waals surface area (Å²) in [5.41, 5.74) is 8.10. The van der Waals surface area contributed by atoms with Gasteiger partial charge in [-0.1, -0.05) is 30.0 Å². The van der Waals surface area contributed by atoms with Gasteiger partial charge in [0.2, 0.25) is 5.91 Å². The Kier molecular flexibility index (Phi) is 5.70. The molecule has 2 unspecified atom stereocenters. The van der Waals surface area contributed by atoms with Gasteiger partial charge in [-0.15, -0.1) is 10.2 Å². The summed E-state index contributed by atoms with van der Waals surface area (Å²) in [6.07, 6.45) is 1.64. The molecule has 3 heterocycles. The van der Waals surface area contributed by atoms with E-state index in [-0.39, 0.29) is 29.8 Å². The Morgan fingerprint density at radius 3 is 2.55 bits per heavy atom. The van der Waals surface area contributed by atoms with Crippen molar-refractivity contribution >= 4 is 17.7 Å². The van der Waals surface area contributed by atoms with Gasteiger partial charge in [-0.25, -0.2) is 0 Å². The molecule has 3 N–H and O–H groups in total. The quantitative estimate of drug-likeness (QED) is 0.535. The van der Waals surface area contributed by atoms with Crippen LogP contribution in [0.4, 0.5) is 0 Å². The molecule has 1 aromatic carbocycles.